The fraction of sp³-hybridized carbons (Fsp3) is 0.423. The van der Waals surface area contributed by atoms with Crippen LogP contribution in [0, 0.1) is 5.92 Å². The number of rotatable bonds is 6. The van der Waals surface area contributed by atoms with E-state index in [1.54, 1.807) is 54.5 Å². The molecule has 9 heteroatoms. The fourth-order valence-electron chi connectivity index (χ4n) is 3.74. The maximum Gasteiger partial charge on any atom is 0.411 e. The number of nitrogens with two attached hydrogens (primary N) is 1. The summed E-state index contributed by atoms with van der Waals surface area (Å²) in [5.74, 6) is 0.464. The highest BCUT2D eigenvalue weighted by atomic mass is 16.6. The molecule has 0 saturated carbocycles. The summed E-state index contributed by atoms with van der Waals surface area (Å²) in [6, 6.07) is 11.5. The zero-order chi connectivity index (χ0) is 25.6. The molecular formula is C26H33N3O6. The van der Waals surface area contributed by atoms with Crippen molar-refractivity contribution in [1.82, 2.24) is 4.90 Å². The topological polar surface area (TPSA) is 120 Å². The third-order valence-corrected chi connectivity index (χ3v) is 5.64. The van der Waals surface area contributed by atoms with Gasteiger partial charge in [0.15, 0.2) is 5.78 Å². The SMILES string of the molecule is COc1ccc(C(=O)c2cccc(N)c2NC(=O)OCC2CCN(C(=O)OC(C)(C)C)CC2)cc1. The van der Waals surface area contributed by atoms with Gasteiger partial charge in [-0.25, -0.2) is 9.59 Å². The van der Waals surface area contributed by atoms with E-state index < -0.39 is 11.7 Å². The van der Waals surface area contributed by atoms with Gasteiger partial charge in [0, 0.05) is 24.2 Å². The number of anilines is 2. The van der Waals surface area contributed by atoms with Gasteiger partial charge in [-0.2, -0.15) is 0 Å². The van der Waals surface area contributed by atoms with Crippen LogP contribution < -0.4 is 15.8 Å². The zero-order valence-corrected chi connectivity index (χ0v) is 20.6. The number of amides is 2. The van der Waals surface area contributed by atoms with Gasteiger partial charge in [0.2, 0.25) is 0 Å². The van der Waals surface area contributed by atoms with E-state index in [1.807, 2.05) is 20.8 Å². The third kappa shape index (κ3) is 7.11. The molecule has 35 heavy (non-hydrogen) atoms. The molecule has 0 aliphatic carbocycles. The van der Waals surface area contributed by atoms with Crippen molar-refractivity contribution in [3.8, 4) is 5.75 Å². The molecule has 0 aromatic heterocycles. The molecule has 1 heterocycles. The lowest BCUT2D eigenvalue weighted by Gasteiger charge is -2.33. The lowest BCUT2D eigenvalue weighted by Crippen LogP contribution is -2.42. The van der Waals surface area contributed by atoms with E-state index in [2.05, 4.69) is 5.32 Å². The Bertz CT molecular complexity index is 1050. The van der Waals surface area contributed by atoms with Gasteiger partial charge in [0.25, 0.3) is 0 Å². The van der Waals surface area contributed by atoms with Crippen LogP contribution in [-0.2, 0) is 9.47 Å². The molecule has 0 bridgehead atoms. The number of nitrogen functional groups attached to an aromatic ring is 1. The molecule has 0 atom stereocenters. The fourth-order valence-corrected chi connectivity index (χ4v) is 3.74. The molecule has 2 aromatic carbocycles. The average molecular weight is 484 g/mol. The Kier molecular flexibility index (Phi) is 8.22. The summed E-state index contributed by atoms with van der Waals surface area (Å²) in [4.78, 5) is 39.5. The Morgan fingerprint density at radius 2 is 1.71 bits per heavy atom. The third-order valence-electron chi connectivity index (χ3n) is 5.64. The van der Waals surface area contributed by atoms with Crippen molar-refractivity contribution in [2.45, 2.75) is 39.2 Å². The van der Waals surface area contributed by atoms with Crippen LogP contribution in [0.3, 0.4) is 0 Å². The van der Waals surface area contributed by atoms with Crippen LogP contribution in [-0.4, -0.2) is 55.3 Å². The van der Waals surface area contributed by atoms with Crippen molar-refractivity contribution in [1.29, 1.82) is 0 Å². The first-order chi connectivity index (χ1) is 16.6. The van der Waals surface area contributed by atoms with Gasteiger partial charge in [-0.1, -0.05) is 6.07 Å². The molecule has 0 spiro atoms. The molecule has 1 saturated heterocycles. The minimum absolute atomic E-state index is 0.118. The summed E-state index contributed by atoms with van der Waals surface area (Å²) in [6.07, 6.45) is 0.368. The molecule has 2 aromatic rings. The number of ketones is 1. The van der Waals surface area contributed by atoms with Gasteiger partial charge >= 0.3 is 12.2 Å². The Morgan fingerprint density at radius 1 is 1.06 bits per heavy atom. The number of carbonyl (C=O) groups is 3. The van der Waals surface area contributed by atoms with Crippen molar-refractivity contribution in [2.75, 3.05) is 37.9 Å². The smallest absolute Gasteiger partial charge is 0.411 e. The van der Waals surface area contributed by atoms with Crippen molar-refractivity contribution >= 4 is 29.3 Å². The van der Waals surface area contributed by atoms with Gasteiger partial charge in [0.05, 0.1) is 25.1 Å². The Morgan fingerprint density at radius 3 is 2.31 bits per heavy atom. The quantitative estimate of drug-likeness (QED) is 0.451. The molecule has 1 aliphatic rings. The van der Waals surface area contributed by atoms with E-state index in [-0.39, 0.29) is 41.3 Å². The van der Waals surface area contributed by atoms with Gasteiger partial charge in [0.1, 0.15) is 11.4 Å². The van der Waals surface area contributed by atoms with E-state index >= 15 is 0 Å². The first-order valence-corrected chi connectivity index (χ1v) is 11.6. The number of carbonyl (C=O) groups excluding carboxylic acids is 3. The first-order valence-electron chi connectivity index (χ1n) is 11.6. The van der Waals surface area contributed by atoms with Crippen molar-refractivity contribution in [3.63, 3.8) is 0 Å². The number of methoxy groups -OCH3 is 1. The maximum atomic E-state index is 13.0. The number of para-hydroxylation sites is 1. The van der Waals surface area contributed by atoms with Gasteiger partial charge in [-0.05, 0) is 75.9 Å². The number of hydrogen-bond donors (Lipinski definition) is 2. The van der Waals surface area contributed by atoms with Crippen molar-refractivity contribution < 1.29 is 28.6 Å². The number of likely N-dealkylation sites (tertiary alicyclic amines) is 1. The number of benzene rings is 2. The molecule has 1 aliphatic heterocycles. The Labute approximate surface area is 205 Å². The van der Waals surface area contributed by atoms with E-state index in [1.165, 1.54) is 0 Å². The summed E-state index contributed by atoms with van der Waals surface area (Å²) in [7, 11) is 1.55. The van der Waals surface area contributed by atoms with E-state index in [0.717, 1.165) is 0 Å². The summed E-state index contributed by atoms with van der Waals surface area (Å²) < 4.78 is 16.0. The minimum Gasteiger partial charge on any atom is -0.497 e. The molecule has 9 nitrogen and oxygen atoms in total. The predicted octanol–water partition coefficient (Wildman–Crippen LogP) is 4.70. The van der Waals surface area contributed by atoms with Crippen molar-refractivity contribution in [2.24, 2.45) is 5.92 Å². The van der Waals surface area contributed by atoms with Crippen LogP contribution in [0.5, 0.6) is 5.75 Å². The average Bonchev–Trinajstić information content (AvgIpc) is 2.83. The summed E-state index contributed by atoms with van der Waals surface area (Å²) >= 11 is 0. The van der Waals surface area contributed by atoms with Crippen LogP contribution in [0.25, 0.3) is 0 Å². The second kappa shape index (κ2) is 11.1. The van der Waals surface area contributed by atoms with Crippen LogP contribution in [0.2, 0.25) is 0 Å². The highest BCUT2D eigenvalue weighted by Gasteiger charge is 2.27. The van der Waals surface area contributed by atoms with Gasteiger partial charge < -0.3 is 24.8 Å². The standard InChI is InChI=1S/C26H33N3O6/c1-26(2,3)35-25(32)29-14-12-17(13-15-29)16-34-24(31)28-22-20(6-5-7-21(22)27)23(30)18-8-10-19(33-4)11-9-18/h5-11,17H,12-16,27H2,1-4H3,(H,28,31). The predicted molar refractivity (Wildman–Crippen MR) is 133 cm³/mol. The van der Waals surface area contributed by atoms with E-state index in [4.69, 9.17) is 19.9 Å². The number of nitrogens with zero attached hydrogens (tertiary/aromatic N) is 1. The van der Waals surface area contributed by atoms with Crippen LogP contribution in [0.4, 0.5) is 21.0 Å². The van der Waals surface area contributed by atoms with Gasteiger partial charge in [-0.15, -0.1) is 0 Å². The van der Waals surface area contributed by atoms with Crippen LogP contribution in [0.1, 0.15) is 49.5 Å². The normalized spacial score (nSPS) is 14.2. The van der Waals surface area contributed by atoms with Crippen LogP contribution >= 0.6 is 0 Å². The zero-order valence-electron chi connectivity index (χ0n) is 20.6. The van der Waals surface area contributed by atoms with E-state index in [9.17, 15) is 14.4 Å². The summed E-state index contributed by atoms with van der Waals surface area (Å²) in [5.41, 5.74) is 6.69. The number of hydrogen-bond acceptors (Lipinski definition) is 7. The summed E-state index contributed by atoms with van der Waals surface area (Å²) in [5, 5.41) is 2.63. The molecule has 188 valence electrons. The number of piperidine rings is 1. The highest BCUT2D eigenvalue weighted by molar-refractivity contribution is 6.15. The van der Waals surface area contributed by atoms with Gasteiger partial charge in [-0.3, -0.25) is 10.1 Å². The second-order valence-electron chi connectivity index (χ2n) is 9.46. The maximum absolute atomic E-state index is 13.0. The Hall–Kier alpha value is -3.75. The van der Waals surface area contributed by atoms with Crippen molar-refractivity contribution in [3.05, 3.63) is 53.6 Å². The second-order valence-corrected chi connectivity index (χ2v) is 9.46. The lowest BCUT2D eigenvalue weighted by atomic mass is 9.98. The molecular weight excluding hydrogens is 450 g/mol. The highest BCUT2D eigenvalue weighted by Crippen LogP contribution is 2.27. The molecule has 0 unspecified atom stereocenters. The number of nitrogens with one attached hydrogen (secondary N) is 1. The molecule has 0 radical (unpaired) electrons. The summed E-state index contributed by atoms with van der Waals surface area (Å²) in [6.45, 7) is 6.77. The monoisotopic (exact) mass is 483 g/mol. The lowest BCUT2D eigenvalue weighted by molar-refractivity contribution is 0.0152. The minimum atomic E-state index is -0.693. The Balaban J connectivity index is 1.56. The largest absolute Gasteiger partial charge is 0.497 e. The molecule has 3 rings (SSSR count). The first kappa shape index (κ1) is 25.9. The van der Waals surface area contributed by atoms with E-state index in [0.29, 0.717) is 37.2 Å². The number of ether oxygens (including phenoxy) is 3. The molecule has 2 amide bonds. The van der Waals surface area contributed by atoms with Crippen LogP contribution in [0.15, 0.2) is 42.5 Å². The molecule has 3 N–H and O–H groups in total. The molecule has 1 fully saturated rings.